The number of halogens is 1. The van der Waals surface area contributed by atoms with Gasteiger partial charge in [-0.15, -0.1) is 0 Å². The highest BCUT2D eigenvalue weighted by Gasteiger charge is 2.32. The van der Waals surface area contributed by atoms with Gasteiger partial charge in [-0.25, -0.2) is 9.18 Å². The summed E-state index contributed by atoms with van der Waals surface area (Å²) >= 11 is 0. The Hall–Kier alpha value is -2.11. The van der Waals surface area contributed by atoms with Crippen molar-refractivity contribution < 1.29 is 19.1 Å². The molecule has 0 saturated heterocycles. The molecular weight excluding hydrogens is 263 g/mol. The van der Waals surface area contributed by atoms with Crippen molar-refractivity contribution in [2.45, 2.75) is 31.8 Å². The van der Waals surface area contributed by atoms with E-state index in [1.807, 2.05) is 0 Å². The van der Waals surface area contributed by atoms with E-state index in [9.17, 15) is 14.0 Å². The first-order chi connectivity index (χ1) is 9.56. The summed E-state index contributed by atoms with van der Waals surface area (Å²) in [7, 11) is 0. The monoisotopic (exact) mass is 280 g/mol. The summed E-state index contributed by atoms with van der Waals surface area (Å²) in [5, 5.41) is 11.4. The first-order valence-electron chi connectivity index (χ1n) is 6.57. The lowest BCUT2D eigenvalue weighted by Crippen LogP contribution is -2.42. The molecule has 0 aromatic heterocycles. The number of amides is 2. The Morgan fingerprint density at radius 3 is 2.50 bits per heavy atom. The van der Waals surface area contributed by atoms with Crippen molar-refractivity contribution in [3.8, 4) is 0 Å². The minimum atomic E-state index is -0.915. The fraction of sp³-hybridized carbons (Fsp3) is 0.429. The maximum Gasteiger partial charge on any atom is 0.317 e. The summed E-state index contributed by atoms with van der Waals surface area (Å²) in [6.07, 6.45) is 1.79. The topological polar surface area (TPSA) is 69.6 Å². The van der Waals surface area contributed by atoms with Gasteiger partial charge in [0.2, 0.25) is 0 Å². The van der Waals surface area contributed by atoms with Crippen LogP contribution in [0.4, 0.5) is 9.18 Å². The average molecular weight is 280 g/mol. The van der Waals surface area contributed by atoms with Gasteiger partial charge in [0, 0.05) is 19.1 Å². The number of nitrogens with zero attached hydrogens (tertiary/aromatic N) is 1. The van der Waals surface area contributed by atoms with E-state index in [2.05, 4.69) is 5.32 Å². The number of carbonyl (C=O) groups is 2. The van der Waals surface area contributed by atoms with Gasteiger partial charge in [0.1, 0.15) is 5.82 Å². The predicted molar refractivity (Wildman–Crippen MR) is 70.6 cm³/mol. The molecule has 1 saturated carbocycles. The number of benzene rings is 1. The molecule has 5 nitrogen and oxygen atoms in total. The molecule has 0 spiro atoms. The number of carboxylic acids is 1. The number of carboxylic acid groups (broad SMARTS) is 1. The molecule has 0 radical (unpaired) electrons. The molecule has 1 aromatic rings. The van der Waals surface area contributed by atoms with E-state index in [0.717, 1.165) is 18.4 Å². The van der Waals surface area contributed by atoms with Crippen LogP contribution in [0, 0.1) is 5.82 Å². The Kier molecular flexibility index (Phi) is 4.55. The molecule has 2 N–H and O–H groups in total. The smallest absolute Gasteiger partial charge is 0.317 e. The number of hydrogen-bond acceptors (Lipinski definition) is 2. The second-order valence-electron chi connectivity index (χ2n) is 4.85. The van der Waals surface area contributed by atoms with Crippen LogP contribution in [-0.4, -0.2) is 34.6 Å². The molecule has 1 aliphatic carbocycles. The number of rotatable bonds is 6. The summed E-state index contributed by atoms with van der Waals surface area (Å²) in [4.78, 5) is 24.2. The van der Waals surface area contributed by atoms with Gasteiger partial charge in [-0.3, -0.25) is 4.79 Å². The highest BCUT2D eigenvalue weighted by Crippen LogP contribution is 2.26. The molecule has 1 fully saturated rings. The molecule has 0 bridgehead atoms. The molecule has 0 unspecified atom stereocenters. The van der Waals surface area contributed by atoms with E-state index in [-0.39, 0.29) is 30.9 Å². The number of aliphatic carboxylic acids is 1. The van der Waals surface area contributed by atoms with Crippen molar-refractivity contribution >= 4 is 12.0 Å². The van der Waals surface area contributed by atoms with Gasteiger partial charge in [0.15, 0.2) is 0 Å². The van der Waals surface area contributed by atoms with Crippen molar-refractivity contribution in [3.05, 3.63) is 35.6 Å². The summed E-state index contributed by atoms with van der Waals surface area (Å²) in [6.45, 7) is 0.519. The maximum atomic E-state index is 12.8. The van der Waals surface area contributed by atoms with Gasteiger partial charge in [-0.2, -0.15) is 0 Å². The SMILES string of the molecule is O=C(O)CCN(C(=O)NCc1ccc(F)cc1)C1CC1. The van der Waals surface area contributed by atoms with Crippen molar-refractivity contribution in [1.29, 1.82) is 0 Å². The van der Waals surface area contributed by atoms with E-state index in [1.165, 1.54) is 12.1 Å². The summed E-state index contributed by atoms with van der Waals surface area (Å²) in [6, 6.07) is 5.78. The Labute approximate surface area is 116 Å². The number of urea groups is 1. The zero-order valence-electron chi connectivity index (χ0n) is 11.0. The van der Waals surface area contributed by atoms with Crippen molar-refractivity contribution in [2.75, 3.05) is 6.54 Å². The van der Waals surface area contributed by atoms with E-state index in [4.69, 9.17) is 5.11 Å². The molecule has 6 heteroatoms. The standard InChI is InChI=1S/C14H17FN2O3/c15-11-3-1-10(2-4-11)9-16-14(20)17(12-5-6-12)8-7-13(18)19/h1-4,12H,5-9H2,(H,16,20)(H,18,19). The van der Waals surface area contributed by atoms with Gasteiger partial charge < -0.3 is 15.3 Å². The van der Waals surface area contributed by atoms with Gasteiger partial charge in [0.05, 0.1) is 6.42 Å². The normalized spacial score (nSPS) is 13.8. The molecular formula is C14H17FN2O3. The molecule has 0 atom stereocenters. The highest BCUT2D eigenvalue weighted by molar-refractivity contribution is 5.76. The van der Waals surface area contributed by atoms with E-state index < -0.39 is 5.97 Å². The van der Waals surface area contributed by atoms with Crippen LogP contribution < -0.4 is 5.32 Å². The lowest BCUT2D eigenvalue weighted by Gasteiger charge is -2.22. The van der Waals surface area contributed by atoms with Gasteiger partial charge in [-0.05, 0) is 30.5 Å². The molecule has 0 aliphatic heterocycles. The third-order valence-electron chi connectivity index (χ3n) is 3.17. The highest BCUT2D eigenvalue weighted by atomic mass is 19.1. The third-order valence-corrected chi connectivity index (χ3v) is 3.17. The molecule has 2 amide bonds. The Balaban J connectivity index is 1.85. The quantitative estimate of drug-likeness (QED) is 0.837. The average Bonchev–Trinajstić information content (AvgIpc) is 3.22. The zero-order chi connectivity index (χ0) is 14.5. The summed E-state index contributed by atoms with van der Waals surface area (Å²) in [5.41, 5.74) is 0.800. The van der Waals surface area contributed by atoms with Crippen LogP contribution in [-0.2, 0) is 11.3 Å². The van der Waals surface area contributed by atoms with E-state index >= 15 is 0 Å². The van der Waals surface area contributed by atoms with Crippen LogP contribution >= 0.6 is 0 Å². The molecule has 20 heavy (non-hydrogen) atoms. The van der Waals surface area contributed by atoms with Crippen LogP contribution in [0.2, 0.25) is 0 Å². The third kappa shape index (κ3) is 4.22. The molecule has 0 heterocycles. The summed E-state index contributed by atoms with van der Waals surface area (Å²) in [5.74, 6) is -1.23. The number of nitrogens with one attached hydrogen (secondary N) is 1. The van der Waals surface area contributed by atoms with Gasteiger partial charge in [0.25, 0.3) is 0 Å². The van der Waals surface area contributed by atoms with E-state index in [1.54, 1.807) is 17.0 Å². The second-order valence-corrected chi connectivity index (χ2v) is 4.85. The fourth-order valence-electron chi connectivity index (χ4n) is 1.93. The minimum Gasteiger partial charge on any atom is -0.481 e. The van der Waals surface area contributed by atoms with Gasteiger partial charge >= 0.3 is 12.0 Å². The predicted octanol–water partition coefficient (Wildman–Crippen LogP) is 1.97. The Bertz CT molecular complexity index is 486. The summed E-state index contributed by atoms with van der Waals surface area (Å²) < 4.78 is 12.8. The lowest BCUT2D eigenvalue weighted by atomic mass is 10.2. The largest absolute Gasteiger partial charge is 0.481 e. The Morgan fingerprint density at radius 2 is 1.95 bits per heavy atom. The lowest BCUT2D eigenvalue weighted by molar-refractivity contribution is -0.137. The molecule has 2 rings (SSSR count). The molecule has 108 valence electrons. The zero-order valence-corrected chi connectivity index (χ0v) is 11.0. The van der Waals surface area contributed by atoms with Crippen LogP contribution in [0.3, 0.4) is 0 Å². The number of carbonyl (C=O) groups excluding carboxylic acids is 1. The van der Waals surface area contributed by atoms with E-state index in [0.29, 0.717) is 6.54 Å². The van der Waals surface area contributed by atoms with Crippen molar-refractivity contribution in [1.82, 2.24) is 10.2 Å². The van der Waals surface area contributed by atoms with Crippen LogP contribution in [0.5, 0.6) is 0 Å². The second kappa shape index (κ2) is 6.36. The fourth-order valence-corrected chi connectivity index (χ4v) is 1.93. The van der Waals surface area contributed by atoms with Gasteiger partial charge in [-0.1, -0.05) is 12.1 Å². The van der Waals surface area contributed by atoms with Crippen LogP contribution in [0.25, 0.3) is 0 Å². The maximum absolute atomic E-state index is 12.8. The van der Waals surface area contributed by atoms with Crippen molar-refractivity contribution in [3.63, 3.8) is 0 Å². The Morgan fingerprint density at radius 1 is 1.30 bits per heavy atom. The molecule has 1 aromatic carbocycles. The van der Waals surface area contributed by atoms with Crippen LogP contribution in [0.15, 0.2) is 24.3 Å². The first-order valence-corrected chi connectivity index (χ1v) is 6.57. The number of hydrogen-bond donors (Lipinski definition) is 2. The van der Waals surface area contributed by atoms with Crippen LogP contribution in [0.1, 0.15) is 24.8 Å². The van der Waals surface area contributed by atoms with Crippen molar-refractivity contribution in [2.24, 2.45) is 0 Å². The molecule has 1 aliphatic rings. The minimum absolute atomic E-state index is 0.0551. The first kappa shape index (κ1) is 14.3.